The molecule has 0 aliphatic heterocycles. The molecule has 2 aromatic carbocycles. The Hall–Kier alpha value is -2.62. The van der Waals surface area contributed by atoms with Gasteiger partial charge in [-0.1, -0.05) is 23.7 Å². The molecule has 34 heavy (non-hydrogen) atoms. The van der Waals surface area contributed by atoms with Gasteiger partial charge in [-0.3, -0.25) is 4.79 Å². The van der Waals surface area contributed by atoms with Crippen LogP contribution in [0.3, 0.4) is 0 Å². The van der Waals surface area contributed by atoms with Crippen LogP contribution in [0.2, 0.25) is 5.02 Å². The highest BCUT2D eigenvalue weighted by atomic mass is 35.5. The van der Waals surface area contributed by atoms with Gasteiger partial charge in [-0.15, -0.1) is 13.2 Å². The third-order valence-electron chi connectivity index (χ3n) is 5.22. The maximum absolute atomic E-state index is 12.8. The fourth-order valence-corrected chi connectivity index (χ4v) is 3.97. The smallest absolute Gasteiger partial charge is 0.482 e. The maximum atomic E-state index is 12.8. The van der Waals surface area contributed by atoms with Gasteiger partial charge in [0.2, 0.25) is 0 Å². The second kappa shape index (κ2) is 10.3. The molecule has 0 heterocycles. The standard InChI is InChI=1S/C23H21ClF6O4/c1-2-32-20(31)8-5-14-9-17(14)15-10-18(21(19(24)11-15)33-12-22(25,26)27)13-3-6-16(7-4-13)34-23(28,29)30/h3-4,6-7,10-11,14,17H,2,5,8-9,12H2,1H3. The van der Waals surface area contributed by atoms with Crippen molar-refractivity contribution in [2.24, 2.45) is 5.92 Å². The van der Waals surface area contributed by atoms with Crippen LogP contribution in [-0.4, -0.2) is 31.7 Å². The van der Waals surface area contributed by atoms with E-state index in [1.54, 1.807) is 13.0 Å². The number of carbonyl (C=O) groups is 1. The van der Waals surface area contributed by atoms with Crippen LogP contribution in [0.25, 0.3) is 11.1 Å². The minimum absolute atomic E-state index is 0.0372. The quantitative estimate of drug-likeness (QED) is 0.262. The SMILES string of the molecule is CCOC(=O)CCC1CC1c1cc(Cl)c(OCC(F)(F)F)c(-c2ccc(OC(F)(F)F)cc2)c1. The number of carbonyl (C=O) groups excluding carboxylic acids is 1. The van der Waals surface area contributed by atoms with Gasteiger partial charge >= 0.3 is 18.5 Å². The molecule has 4 nitrogen and oxygen atoms in total. The molecule has 11 heteroatoms. The Morgan fingerprint density at radius 1 is 1.09 bits per heavy atom. The van der Waals surface area contributed by atoms with Gasteiger partial charge in [0.1, 0.15) is 11.5 Å². The molecule has 0 spiro atoms. The summed E-state index contributed by atoms with van der Waals surface area (Å²) in [7, 11) is 0. The van der Waals surface area contributed by atoms with E-state index in [1.807, 2.05) is 0 Å². The summed E-state index contributed by atoms with van der Waals surface area (Å²) in [6.45, 7) is 0.420. The van der Waals surface area contributed by atoms with Gasteiger partial charge in [-0.25, -0.2) is 0 Å². The second-order valence-electron chi connectivity index (χ2n) is 7.80. The first-order valence-corrected chi connectivity index (χ1v) is 10.8. The van der Waals surface area contributed by atoms with Gasteiger partial charge in [0.05, 0.1) is 11.6 Å². The molecule has 1 aliphatic carbocycles. The molecule has 0 radical (unpaired) electrons. The zero-order valence-electron chi connectivity index (χ0n) is 17.9. The first-order chi connectivity index (χ1) is 15.9. The lowest BCUT2D eigenvalue weighted by Gasteiger charge is -2.17. The summed E-state index contributed by atoms with van der Waals surface area (Å²) >= 11 is 6.28. The van der Waals surface area contributed by atoms with E-state index in [0.29, 0.717) is 12.0 Å². The third kappa shape index (κ3) is 7.44. The van der Waals surface area contributed by atoms with Crippen molar-refractivity contribution in [3.63, 3.8) is 0 Å². The fourth-order valence-electron chi connectivity index (χ4n) is 3.69. The summed E-state index contributed by atoms with van der Waals surface area (Å²) in [6, 6.07) is 7.80. The van der Waals surface area contributed by atoms with Crippen LogP contribution >= 0.6 is 11.6 Å². The van der Waals surface area contributed by atoms with Gasteiger partial charge in [0.25, 0.3) is 0 Å². The van der Waals surface area contributed by atoms with Crippen LogP contribution in [0.15, 0.2) is 36.4 Å². The lowest BCUT2D eigenvalue weighted by molar-refractivity contribution is -0.274. The molecule has 3 rings (SSSR count). The predicted molar refractivity (Wildman–Crippen MR) is 112 cm³/mol. The van der Waals surface area contributed by atoms with Crippen molar-refractivity contribution in [3.8, 4) is 22.6 Å². The van der Waals surface area contributed by atoms with Crippen LogP contribution in [0.4, 0.5) is 26.3 Å². The first-order valence-electron chi connectivity index (χ1n) is 10.4. The van der Waals surface area contributed by atoms with Crippen LogP contribution < -0.4 is 9.47 Å². The van der Waals surface area contributed by atoms with Crippen molar-refractivity contribution in [1.82, 2.24) is 0 Å². The van der Waals surface area contributed by atoms with Crippen molar-refractivity contribution in [3.05, 3.63) is 47.0 Å². The molecule has 0 N–H and O–H groups in total. The Labute approximate surface area is 196 Å². The highest BCUT2D eigenvalue weighted by molar-refractivity contribution is 6.32. The number of hydrogen-bond donors (Lipinski definition) is 0. The van der Waals surface area contributed by atoms with E-state index in [1.165, 1.54) is 18.2 Å². The monoisotopic (exact) mass is 510 g/mol. The van der Waals surface area contributed by atoms with E-state index in [0.717, 1.165) is 24.1 Å². The van der Waals surface area contributed by atoms with E-state index in [9.17, 15) is 31.1 Å². The molecule has 1 fully saturated rings. The Morgan fingerprint density at radius 3 is 2.35 bits per heavy atom. The van der Waals surface area contributed by atoms with Crippen LogP contribution in [-0.2, 0) is 9.53 Å². The molecule has 186 valence electrons. The molecule has 2 atom stereocenters. The molecule has 2 aromatic rings. The van der Waals surface area contributed by atoms with Gasteiger partial charge < -0.3 is 14.2 Å². The van der Waals surface area contributed by atoms with E-state index in [-0.39, 0.29) is 47.2 Å². The topological polar surface area (TPSA) is 44.8 Å². The fraction of sp³-hybridized carbons (Fsp3) is 0.435. The Morgan fingerprint density at radius 2 is 1.76 bits per heavy atom. The normalized spacial score (nSPS) is 17.9. The molecule has 1 aliphatic rings. The number of hydrogen-bond acceptors (Lipinski definition) is 4. The molecule has 0 amide bonds. The summed E-state index contributed by atoms with van der Waals surface area (Å²) in [4.78, 5) is 11.6. The zero-order chi connectivity index (χ0) is 25.1. The lowest BCUT2D eigenvalue weighted by atomic mass is 9.98. The highest BCUT2D eigenvalue weighted by Crippen LogP contribution is 2.52. The predicted octanol–water partition coefficient (Wildman–Crippen LogP) is 7.29. The highest BCUT2D eigenvalue weighted by Gasteiger charge is 2.39. The van der Waals surface area contributed by atoms with Gasteiger partial charge in [0.15, 0.2) is 6.61 Å². The van der Waals surface area contributed by atoms with E-state index >= 15 is 0 Å². The Kier molecular flexibility index (Phi) is 7.90. The number of rotatable bonds is 9. The van der Waals surface area contributed by atoms with Gasteiger partial charge in [-0.05, 0) is 67.0 Å². The molecule has 2 unspecified atom stereocenters. The molecular formula is C23H21ClF6O4. The largest absolute Gasteiger partial charge is 0.573 e. The summed E-state index contributed by atoms with van der Waals surface area (Å²) in [5, 5.41) is -0.0524. The number of esters is 1. The minimum Gasteiger partial charge on any atom is -0.482 e. The molecule has 1 saturated carbocycles. The van der Waals surface area contributed by atoms with Crippen LogP contribution in [0.1, 0.15) is 37.7 Å². The maximum Gasteiger partial charge on any atom is 0.573 e. The number of benzene rings is 2. The summed E-state index contributed by atoms with van der Waals surface area (Å²) in [5.74, 6) is -0.787. The average Bonchev–Trinajstić information content (AvgIpc) is 3.50. The minimum atomic E-state index is -4.88. The molecular weight excluding hydrogens is 490 g/mol. The Balaban J connectivity index is 1.86. The van der Waals surface area contributed by atoms with Crippen molar-refractivity contribution in [1.29, 1.82) is 0 Å². The van der Waals surface area contributed by atoms with Crippen molar-refractivity contribution in [2.75, 3.05) is 13.2 Å². The molecule has 0 aromatic heterocycles. The number of halogens is 7. The lowest BCUT2D eigenvalue weighted by Crippen LogP contribution is -2.19. The summed E-state index contributed by atoms with van der Waals surface area (Å²) < 4.78 is 89.3. The first kappa shape index (κ1) is 26.0. The van der Waals surface area contributed by atoms with E-state index in [4.69, 9.17) is 21.1 Å². The Bertz CT molecular complexity index is 1000. The molecule has 0 bridgehead atoms. The van der Waals surface area contributed by atoms with Crippen LogP contribution in [0, 0.1) is 5.92 Å². The summed E-state index contributed by atoms with van der Waals surface area (Å²) in [6.07, 6.45) is -7.89. The second-order valence-corrected chi connectivity index (χ2v) is 8.21. The molecule has 0 saturated heterocycles. The van der Waals surface area contributed by atoms with E-state index in [2.05, 4.69) is 4.74 Å². The third-order valence-corrected chi connectivity index (χ3v) is 5.50. The number of alkyl halides is 6. The van der Waals surface area contributed by atoms with Crippen molar-refractivity contribution in [2.45, 2.75) is 44.6 Å². The van der Waals surface area contributed by atoms with Crippen molar-refractivity contribution >= 4 is 17.6 Å². The van der Waals surface area contributed by atoms with E-state index < -0.39 is 24.9 Å². The van der Waals surface area contributed by atoms with Crippen molar-refractivity contribution < 1.29 is 45.3 Å². The number of ether oxygens (including phenoxy) is 3. The summed E-state index contributed by atoms with van der Waals surface area (Å²) in [5.41, 5.74) is 1.25. The van der Waals surface area contributed by atoms with Gasteiger partial charge in [-0.2, -0.15) is 13.2 Å². The van der Waals surface area contributed by atoms with Gasteiger partial charge in [0, 0.05) is 12.0 Å². The van der Waals surface area contributed by atoms with Crippen LogP contribution in [0.5, 0.6) is 11.5 Å². The average molecular weight is 511 g/mol. The zero-order valence-corrected chi connectivity index (χ0v) is 18.7.